The molecule has 0 bridgehead atoms. The highest BCUT2D eigenvalue weighted by atomic mass is 79.9. The van der Waals surface area contributed by atoms with E-state index in [0.717, 1.165) is 45.7 Å². The van der Waals surface area contributed by atoms with Gasteiger partial charge < -0.3 is 9.72 Å². The van der Waals surface area contributed by atoms with E-state index in [1.165, 1.54) is 11.1 Å². The van der Waals surface area contributed by atoms with Gasteiger partial charge in [-0.25, -0.2) is 4.98 Å². The van der Waals surface area contributed by atoms with Crippen LogP contribution in [-0.2, 0) is 0 Å². The molecule has 114 valence electrons. The number of nitrogens with zero attached hydrogens (tertiary/aromatic N) is 1. The number of halogens is 1. The van der Waals surface area contributed by atoms with Crippen LogP contribution in [-0.4, -0.2) is 16.6 Å². The molecule has 0 aliphatic carbocycles. The molecule has 3 aromatic rings. The van der Waals surface area contributed by atoms with E-state index >= 15 is 0 Å². The van der Waals surface area contributed by atoms with Crippen molar-refractivity contribution >= 4 is 27.0 Å². The molecule has 3 nitrogen and oxygen atoms in total. The van der Waals surface area contributed by atoms with E-state index in [-0.39, 0.29) is 0 Å². The number of aryl methyl sites for hydroxylation is 2. The highest BCUT2D eigenvalue weighted by Crippen LogP contribution is 2.31. The molecule has 0 fully saturated rings. The minimum Gasteiger partial charge on any atom is -0.492 e. The van der Waals surface area contributed by atoms with E-state index in [1.54, 1.807) is 0 Å². The van der Waals surface area contributed by atoms with Gasteiger partial charge in [0.2, 0.25) is 0 Å². The van der Waals surface area contributed by atoms with E-state index < -0.39 is 0 Å². The van der Waals surface area contributed by atoms with Crippen LogP contribution in [0.25, 0.3) is 22.4 Å². The van der Waals surface area contributed by atoms with Crippen molar-refractivity contribution < 1.29 is 4.74 Å². The standard InChI is InChI=1S/C18H19BrN2O/c1-4-7-22-17-6-5-13(10-14(17)19)18-20-15-8-11(2)12(3)9-16(15)21-18/h5-6,8-10H,4,7H2,1-3H3,(H,20,21). The number of nitrogens with one attached hydrogen (secondary N) is 1. The van der Waals surface area contributed by atoms with E-state index in [2.05, 4.69) is 53.8 Å². The van der Waals surface area contributed by atoms with E-state index in [9.17, 15) is 0 Å². The molecular formula is C18H19BrN2O. The molecule has 0 saturated heterocycles. The Balaban J connectivity index is 1.98. The van der Waals surface area contributed by atoms with Crippen LogP contribution in [0, 0.1) is 13.8 Å². The Labute approximate surface area is 138 Å². The molecule has 3 rings (SSSR count). The maximum Gasteiger partial charge on any atom is 0.138 e. The molecule has 0 radical (unpaired) electrons. The van der Waals surface area contributed by atoms with Crippen molar-refractivity contribution in [3.8, 4) is 17.1 Å². The zero-order valence-corrected chi connectivity index (χ0v) is 14.6. The Bertz CT molecular complexity index is 784. The molecule has 2 aromatic carbocycles. The predicted molar refractivity (Wildman–Crippen MR) is 94.5 cm³/mol. The first-order chi connectivity index (χ1) is 10.6. The third-order valence-electron chi connectivity index (χ3n) is 3.76. The number of H-pyrrole nitrogens is 1. The molecule has 0 amide bonds. The monoisotopic (exact) mass is 358 g/mol. The lowest BCUT2D eigenvalue weighted by atomic mass is 10.1. The molecule has 22 heavy (non-hydrogen) atoms. The van der Waals surface area contributed by atoms with E-state index in [1.807, 2.05) is 18.2 Å². The number of hydrogen-bond acceptors (Lipinski definition) is 2. The van der Waals surface area contributed by atoms with Crippen molar-refractivity contribution in [1.29, 1.82) is 0 Å². The second kappa shape index (κ2) is 6.13. The van der Waals surface area contributed by atoms with Gasteiger partial charge in [0.15, 0.2) is 0 Å². The summed E-state index contributed by atoms with van der Waals surface area (Å²) in [7, 11) is 0. The van der Waals surface area contributed by atoms with Gasteiger partial charge in [0.05, 0.1) is 22.1 Å². The number of rotatable bonds is 4. The van der Waals surface area contributed by atoms with E-state index in [4.69, 9.17) is 9.72 Å². The second-order valence-electron chi connectivity index (χ2n) is 5.53. The number of imidazole rings is 1. The fraction of sp³-hybridized carbons (Fsp3) is 0.278. The topological polar surface area (TPSA) is 37.9 Å². The Hall–Kier alpha value is -1.81. The van der Waals surface area contributed by atoms with Crippen LogP contribution in [0.2, 0.25) is 0 Å². The SMILES string of the molecule is CCCOc1ccc(-c2nc3cc(C)c(C)cc3[nH]2)cc1Br. The number of fused-ring (bicyclic) bond motifs is 1. The number of aromatic amines is 1. The first kappa shape index (κ1) is 15.1. The summed E-state index contributed by atoms with van der Waals surface area (Å²) in [6.45, 7) is 7.05. The molecular weight excluding hydrogens is 340 g/mol. The second-order valence-corrected chi connectivity index (χ2v) is 6.39. The van der Waals surface area contributed by atoms with Crippen LogP contribution < -0.4 is 4.74 Å². The largest absolute Gasteiger partial charge is 0.492 e. The van der Waals surface area contributed by atoms with Crippen molar-refractivity contribution in [2.75, 3.05) is 6.61 Å². The molecule has 1 heterocycles. The number of hydrogen-bond donors (Lipinski definition) is 1. The maximum atomic E-state index is 5.69. The Morgan fingerprint density at radius 3 is 2.64 bits per heavy atom. The maximum absolute atomic E-state index is 5.69. The quantitative estimate of drug-likeness (QED) is 0.677. The smallest absolute Gasteiger partial charge is 0.138 e. The molecule has 4 heteroatoms. The molecule has 0 aliphatic rings. The van der Waals surface area contributed by atoms with Gasteiger partial charge in [-0.2, -0.15) is 0 Å². The van der Waals surface area contributed by atoms with Gasteiger partial charge >= 0.3 is 0 Å². The third-order valence-corrected chi connectivity index (χ3v) is 4.38. The van der Waals surface area contributed by atoms with Crippen LogP contribution in [0.15, 0.2) is 34.8 Å². The number of ether oxygens (including phenoxy) is 1. The molecule has 0 atom stereocenters. The fourth-order valence-corrected chi connectivity index (χ4v) is 2.88. The average molecular weight is 359 g/mol. The van der Waals surface area contributed by atoms with Crippen LogP contribution in [0.5, 0.6) is 5.75 Å². The lowest BCUT2D eigenvalue weighted by Crippen LogP contribution is -1.95. The summed E-state index contributed by atoms with van der Waals surface area (Å²) < 4.78 is 6.64. The van der Waals surface area contributed by atoms with Gasteiger partial charge in [0.1, 0.15) is 11.6 Å². The highest BCUT2D eigenvalue weighted by Gasteiger charge is 2.09. The van der Waals surface area contributed by atoms with Gasteiger partial charge in [-0.05, 0) is 77.7 Å². The minimum atomic E-state index is 0.723. The summed E-state index contributed by atoms with van der Waals surface area (Å²) in [5.74, 6) is 1.75. The number of benzene rings is 2. The summed E-state index contributed by atoms with van der Waals surface area (Å²) in [6, 6.07) is 10.3. The van der Waals surface area contributed by atoms with Crippen molar-refractivity contribution in [3.05, 3.63) is 45.9 Å². The van der Waals surface area contributed by atoms with E-state index in [0.29, 0.717) is 0 Å². The first-order valence-corrected chi connectivity index (χ1v) is 8.27. The van der Waals surface area contributed by atoms with Gasteiger partial charge in [0, 0.05) is 5.56 Å². The lowest BCUT2D eigenvalue weighted by molar-refractivity contribution is 0.315. The van der Waals surface area contributed by atoms with Gasteiger partial charge in [-0.3, -0.25) is 0 Å². The summed E-state index contributed by atoms with van der Waals surface area (Å²) in [5, 5.41) is 0. The van der Waals surface area contributed by atoms with Gasteiger partial charge in [0.25, 0.3) is 0 Å². The van der Waals surface area contributed by atoms with Gasteiger partial charge in [-0.15, -0.1) is 0 Å². The lowest BCUT2D eigenvalue weighted by Gasteiger charge is -2.07. The molecule has 1 aromatic heterocycles. The van der Waals surface area contributed by atoms with Crippen molar-refractivity contribution in [3.63, 3.8) is 0 Å². The average Bonchev–Trinajstić information content (AvgIpc) is 2.89. The molecule has 0 saturated carbocycles. The summed E-state index contributed by atoms with van der Waals surface area (Å²) in [4.78, 5) is 8.10. The highest BCUT2D eigenvalue weighted by molar-refractivity contribution is 9.10. The first-order valence-electron chi connectivity index (χ1n) is 7.48. The molecule has 0 aliphatic heterocycles. The minimum absolute atomic E-state index is 0.723. The summed E-state index contributed by atoms with van der Waals surface area (Å²) >= 11 is 3.58. The number of aromatic nitrogens is 2. The molecule has 0 spiro atoms. The van der Waals surface area contributed by atoms with Crippen molar-refractivity contribution in [2.45, 2.75) is 27.2 Å². The fourth-order valence-electron chi connectivity index (χ4n) is 2.38. The van der Waals surface area contributed by atoms with Crippen LogP contribution in [0.4, 0.5) is 0 Å². The van der Waals surface area contributed by atoms with Crippen LogP contribution in [0.3, 0.4) is 0 Å². The predicted octanol–water partition coefficient (Wildman–Crippen LogP) is 5.40. The van der Waals surface area contributed by atoms with Gasteiger partial charge in [-0.1, -0.05) is 6.92 Å². The Kier molecular flexibility index (Phi) is 4.21. The normalized spacial score (nSPS) is 11.1. The van der Waals surface area contributed by atoms with Crippen LogP contribution in [0.1, 0.15) is 24.5 Å². The zero-order valence-electron chi connectivity index (χ0n) is 13.0. The van der Waals surface area contributed by atoms with Crippen molar-refractivity contribution in [1.82, 2.24) is 9.97 Å². The Morgan fingerprint density at radius 2 is 1.91 bits per heavy atom. The summed E-state index contributed by atoms with van der Waals surface area (Å²) in [6.07, 6.45) is 0.996. The zero-order chi connectivity index (χ0) is 15.7. The van der Waals surface area contributed by atoms with Crippen molar-refractivity contribution in [2.24, 2.45) is 0 Å². The Morgan fingerprint density at radius 1 is 1.14 bits per heavy atom. The molecule has 0 unspecified atom stereocenters. The third kappa shape index (κ3) is 2.88. The van der Waals surface area contributed by atoms with Crippen LogP contribution >= 0.6 is 15.9 Å². The molecule has 1 N–H and O–H groups in total. The summed E-state index contributed by atoms with van der Waals surface area (Å²) in [5.41, 5.74) is 5.64.